The lowest BCUT2D eigenvalue weighted by Crippen LogP contribution is -1.99. The Morgan fingerprint density at radius 2 is 2.16 bits per heavy atom. The topological polar surface area (TPSA) is 29.3 Å². The normalized spacial score (nSPS) is 10.8. The van der Waals surface area contributed by atoms with Gasteiger partial charge in [0, 0.05) is 24.0 Å². The highest BCUT2D eigenvalue weighted by Crippen LogP contribution is 2.19. The van der Waals surface area contributed by atoms with Gasteiger partial charge in [-0.05, 0) is 30.3 Å². The number of nitrogens with zero attached hydrogens (tertiary/aromatic N) is 2. The van der Waals surface area contributed by atoms with Crippen LogP contribution in [0.25, 0.3) is 5.52 Å². The highest BCUT2D eigenvalue weighted by atomic mass is 35.5. The lowest BCUT2D eigenvalue weighted by atomic mass is 10.2. The van der Waals surface area contributed by atoms with Gasteiger partial charge in [-0.15, -0.1) is 0 Å². The molecule has 0 aliphatic heterocycles. The molecule has 5 heteroatoms. The molecule has 1 aromatic carbocycles. The van der Waals surface area contributed by atoms with Crippen LogP contribution in [0.15, 0.2) is 48.8 Å². The molecule has 0 amide bonds. The molecule has 1 N–H and O–H groups in total. The fourth-order valence-electron chi connectivity index (χ4n) is 1.93. The second-order valence-corrected chi connectivity index (χ2v) is 4.59. The van der Waals surface area contributed by atoms with Gasteiger partial charge in [0.15, 0.2) is 0 Å². The molecule has 3 aromatic rings. The summed E-state index contributed by atoms with van der Waals surface area (Å²) in [4.78, 5) is 0. The number of benzene rings is 1. The molecule has 96 valence electrons. The quantitative estimate of drug-likeness (QED) is 0.789. The third-order valence-electron chi connectivity index (χ3n) is 2.91. The molecule has 0 aliphatic carbocycles. The molecular weight excluding hydrogens is 265 g/mol. The number of halogens is 2. The van der Waals surface area contributed by atoms with Crippen LogP contribution in [0, 0.1) is 5.82 Å². The monoisotopic (exact) mass is 275 g/mol. The van der Waals surface area contributed by atoms with E-state index in [1.165, 1.54) is 12.1 Å². The maximum atomic E-state index is 13.3. The summed E-state index contributed by atoms with van der Waals surface area (Å²) >= 11 is 5.64. The van der Waals surface area contributed by atoms with Gasteiger partial charge in [0.2, 0.25) is 0 Å². The standard InChI is InChI=1S/C14H11ClFN3/c15-12-5-4-11(7-13(12)16)17-8-10-9-18-19-6-2-1-3-14(10)19/h1-7,9,17H,8H2. The lowest BCUT2D eigenvalue weighted by molar-refractivity contribution is 0.628. The number of fused-ring (bicyclic) bond motifs is 1. The Morgan fingerprint density at radius 3 is 3.00 bits per heavy atom. The lowest BCUT2D eigenvalue weighted by Gasteiger charge is -2.06. The van der Waals surface area contributed by atoms with E-state index in [2.05, 4.69) is 10.4 Å². The van der Waals surface area contributed by atoms with Crippen LogP contribution in [-0.2, 0) is 6.54 Å². The van der Waals surface area contributed by atoms with Crippen molar-refractivity contribution in [3.8, 4) is 0 Å². The van der Waals surface area contributed by atoms with Crippen LogP contribution in [-0.4, -0.2) is 9.61 Å². The number of rotatable bonds is 3. The summed E-state index contributed by atoms with van der Waals surface area (Å²) < 4.78 is 15.1. The van der Waals surface area contributed by atoms with E-state index in [4.69, 9.17) is 11.6 Å². The molecule has 0 radical (unpaired) electrons. The number of hydrogen-bond donors (Lipinski definition) is 1. The van der Waals surface area contributed by atoms with E-state index in [9.17, 15) is 4.39 Å². The van der Waals surface area contributed by atoms with Gasteiger partial charge in [-0.1, -0.05) is 17.7 Å². The summed E-state index contributed by atoms with van der Waals surface area (Å²) in [6, 6.07) is 10.5. The summed E-state index contributed by atoms with van der Waals surface area (Å²) in [7, 11) is 0. The van der Waals surface area contributed by atoms with E-state index in [0.29, 0.717) is 12.2 Å². The maximum absolute atomic E-state index is 13.3. The molecule has 0 spiro atoms. The number of aromatic nitrogens is 2. The Bertz CT molecular complexity index is 724. The van der Waals surface area contributed by atoms with Crippen LogP contribution in [0.1, 0.15) is 5.56 Å². The van der Waals surface area contributed by atoms with Crippen LogP contribution in [0.3, 0.4) is 0 Å². The van der Waals surface area contributed by atoms with E-state index < -0.39 is 5.82 Å². The fourth-order valence-corrected chi connectivity index (χ4v) is 2.04. The molecule has 2 aromatic heterocycles. The first-order chi connectivity index (χ1) is 9.24. The molecule has 0 atom stereocenters. The summed E-state index contributed by atoms with van der Waals surface area (Å²) in [5.74, 6) is -0.425. The van der Waals surface area contributed by atoms with Crippen molar-refractivity contribution in [3.05, 3.63) is 65.2 Å². The zero-order valence-electron chi connectivity index (χ0n) is 9.98. The molecule has 0 saturated heterocycles. The van der Waals surface area contributed by atoms with Gasteiger partial charge in [-0.2, -0.15) is 5.10 Å². The average Bonchev–Trinajstić information content (AvgIpc) is 2.83. The third-order valence-corrected chi connectivity index (χ3v) is 3.22. The van der Waals surface area contributed by atoms with Gasteiger partial charge >= 0.3 is 0 Å². The highest BCUT2D eigenvalue weighted by molar-refractivity contribution is 6.30. The van der Waals surface area contributed by atoms with E-state index in [1.54, 1.807) is 16.8 Å². The van der Waals surface area contributed by atoms with Crippen molar-refractivity contribution in [1.29, 1.82) is 0 Å². The molecule has 0 unspecified atom stereocenters. The van der Waals surface area contributed by atoms with Crippen LogP contribution in [0.4, 0.5) is 10.1 Å². The van der Waals surface area contributed by atoms with Crippen molar-refractivity contribution in [2.45, 2.75) is 6.54 Å². The molecule has 0 aliphatic rings. The summed E-state index contributed by atoms with van der Waals surface area (Å²) in [5, 5.41) is 7.53. The molecular formula is C14H11ClFN3. The van der Waals surface area contributed by atoms with E-state index in [-0.39, 0.29) is 5.02 Å². The van der Waals surface area contributed by atoms with Gasteiger partial charge in [0.1, 0.15) is 5.82 Å². The minimum atomic E-state index is -0.425. The fraction of sp³-hybridized carbons (Fsp3) is 0.0714. The third kappa shape index (κ3) is 2.39. The van der Waals surface area contributed by atoms with Gasteiger partial charge in [-0.3, -0.25) is 0 Å². The highest BCUT2D eigenvalue weighted by Gasteiger charge is 2.04. The van der Waals surface area contributed by atoms with Crippen molar-refractivity contribution < 1.29 is 4.39 Å². The van der Waals surface area contributed by atoms with Crippen molar-refractivity contribution in [3.63, 3.8) is 0 Å². The maximum Gasteiger partial charge on any atom is 0.143 e. The minimum Gasteiger partial charge on any atom is -0.381 e. The number of anilines is 1. The molecule has 19 heavy (non-hydrogen) atoms. The van der Waals surface area contributed by atoms with Gasteiger partial charge in [0.25, 0.3) is 0 Å². The van der Waals surface area contributed by atoms with Crippen LogP contribution >= 0.6 is 11.6 Å². The van der Waals surface area contributed by atoms with Gasteiger partial charge in [0.05, 0.1) is 16.7 Å². The molecule has 0 bridgehead atoms. The largest absolute Gasteiger partial charge is 0.381 e. The van der Waals surface area contributed by atoms with E-state index in [0.717, 1.165) is 11.1 Å². The van der Waals surface area contributed by atoms with Crippen molar-refractivity contribution in [2.24, 2.45) is 0 Å². The number of nitrogens with one attached hydrogen (secondary N) is 1. The molecule has 0 fully saturated rings. The second kappa shape index (κ2) is 4.90. The Hall–Kier alpha value is -2.07. The van der Waals surface area contributed by atoms with E-state index >= 15 is 0 Å². The summed E-state index contributed by atoms with van der Waals surface area (Å²) in [5.41, 5.74) is 2.78. The SMILES string of the molecule is Fc1cc(NCc2cnn3ccccc23)ccc1Cl. The van der Waals surface area contributed by atoms with E-state index in [1.807, 2.05) is 24.4 Å². The first-order valence-electron chi connectivity index (χ1n) is 5.84. The smallest absolute Gasteiger partial charge is 0.143 e. The Morgan fingerprint density at radius 1 is 1.26 bits per heavy atom. The van der Waals surface area contributed by atoms with Crippen LogP contribution < -0.4 is 5.32 Å². The van der Waals surface area contributed by atoms with Crippen LogP contribution in [0.2, 0.25) is 5.02 Å². The Labute approximate surface area is 114 Å². The summed E-state index contributed by atoms with van der Waals surface area (Å²) in [6.07, 6.45) is 3.69. The van der Waals surface area contributed by atoms with Crippen molar-refractivity contribution in [1.82, 2.24) is 9.61 Å². The van der Waals surface area contributed by atoms with Gasteiger partial charge in [-0.25, -0.2) is 8.91 Å². The zero-order valence-corrected chi connectivity index (χ0v) is 10.7. The second-order valence-electron chi connectivity index (χ2n) is 4.18. The predicted octanol–water partition coefficient (Wildman–Crippen LogP) is 3.74. The first kappa shape index (κ1) is 12.0. The van der Waals surface area contributed by atoms with Crippen molar-refractivity contribution in [2.75, 3.05) is 5.32 Å². The average molecular weight is 276 g/mol. The van der Waals surface area contributed by atoms with Crippen molar-refractivity contribution >= 4 is 22.8 Å². The molecule has 3 nitrogen and oxygen atoms in total. The number of hydrogen-bond acceptors (Lipinski definition) is 2. The zero-order chi connectivity index (χ0) is 13.2. The Balaban J connectivity index is 1.80. The molecule has 3 rings (SSSR count). The van der Waals surface area contributed by atoms with Crippen LogP contribution in [0.5, 0.6) is 0 Å². The number of pyridine rings is 1. The summed E-state index contributed by atoms with van der Waals surface area (Å²) in [6.45, 7) is 0.578. The van der Waals surface area contributed by atoms with Gasteiger partial charge < -0.3 is 5.32 Å². The molecule has 2 heterocycles. The predicted molar refractivity (Wildman–Crippen MR) is 73.9 cm³/mol. The Kier molecular flexibility index (Phi) is 3.09. The minimum absolute atomic E-state index is 0.126. The molecule has 0 saturated carbocycles. The first-order valence-corrected chi connectivity index (χ1v) is 6.22.